The lowest BCUT2D eigenvalue weighted by Gasteiger charge is -2.09. The summed E-state index contributed by atoms with van der Waals surface area (Å²) in [6, 6.07) is 3.25. The summed E-state index contributed by atoms with van der Waals surface area (Å²) in [4.78, 5) is 0. The van der Waals surface area contributed by atoms with E-state index >= 15 is 0 Å². The molecule has 0 fully saturated rings. The predicted molar refractivity (Wildman–Crippen MR) is 51.1 cm³/mol. The number of aliphatic hydroxyl groups is 1. The molecule has 15 heavy (non-hydrogen) atoms. The smallest absolute Gasteiger partial charge is 0.131 e. The lowest BCUT2D eigenvalue weighted by molar-refractivity contribution is 0.0318. The maximum Gasteiger partial charge on any atom is 0.131 e. The van der Waals surface area contributed by atoms with Crippen LogP contribution >= 0.6 is 0 Å². The predicted octanol–water partition coefficient (Wildman–Crippen LogP) is 0.801. The van der Waals surface area contributed by atoms with Crippen molar-refractivity contribution in [2.24, 2.45) is 5.73 Å². The summed E-state index contributed by atoms with van der Waals surface area (Å²) in [5, 5.41) is 9.05. The van der Waals surface area contributed by atoms with E-state index in [0.29, 0.717) is 0 Å². The van der Waals surface area contributed by atoms with Gasteiger partial charge in [-0.25, -0.2) is 8.78 Å². The Bertz CT molecular complexity index is 320. The zero-order valence-corrected chi connectivity index (χ0v) is 8.12. The lowest BCUT2D eigenvalue weighted by Crippen LogP contribution is -2.25. The zero-order valence-electron chi connectivity index (χ0n) is 8.12. The summed E-state index contributed by atoms with van der Waals surface area (Å²) in [6.07, 6.45) is -0.756. The van der Waals surface area contributed by atoms with Gasteiger partial charge in [0.25, 0.3) is 0 Å². The molecule has 0 amide bonds. The number of benzene rings is 1. The topological polar surface area (TPSA) is 55.5 Å². The number of ether oxygens (including phenoxy) is 1. The van der Waals surface area contributed by atoms with Crippen LogP contribution in [0.5, 0.6) is 0 Å². The van der Waals surface area contributed by atoms with Gasteiger partial charge in [0.05, 0.1) is 19.3 Å². The van der Waals surface area contributed by atoms with E-state index in [9.17, 15) is 8.78 Å². The number of hydrogen-bond donors (Lipinski definition) is 2. The second-order valence-electron chi connectivity index (χ2n) is 3.14. The van der Waals surface area contributed by atoms with Crippen LogP contribution in [0, 0.1) is 11.6 Å². The molecule has 84 valence electrons. The van der Waals surface area contributed by atoms with Crippen LogP contribution < -0.4 is 5.73 Å². The molecular formula is C10H13F2NO2. The van der Waals surface area contributed by atoms with Gasteiger partial charge >= 0.3 is 0 Å². The van der Waals surface area contributed by atoms with Crippen molar-refractivity contribution in [1.82, 2.24) is 0 Å². The van der Waals surface area contributed by atoms with Crippen molar-refractivity contribution >= 4 is 0 Å². The summed E-state index contributed by atoms with van der Waals surface area (Å²) in [7, 11) is 0. The average molecular weight is 217 g/mol. The van der Waals surface area contributed by atoms with Crippen molar-refractivity contribution in [2.75, 3.05) is 13.2 Å². The Morgan fingerprint density at radius 3 is 2.73 bits per heavy atom. The minimum atomic E-state index is -0.756. The molecule has 0 aliphatic heterocycles. The SMILES string of the molecule is NC[C@H](O)COCc1ccc(F)cc1F. The highest BCUT2D eigenvalue weighted by molar-refractivity contribution is 5.17. The fourth-order valence-electron chi connectivity index (χ4n) is 1.01. The van der Waals surface area contributed by atoms with E-state index in [2.05, 4.69) is 0 Å². The number of hydrogen-bond acceptors (Lipinski definition) is 3. The highest BCUT2D eigenvalue weighted by atomic mass is 19.1. The van der Waals surface area contributed by atoms with E-state index in [0.717, 1.165) is 12.1 Å². The molecule has 1 rings (SSSR count). The first-order chi connectivity index (χ1) is 7.13. The van der Waals surface area contributed by atoms with E-state index in [1.165, 1.54) is 6.07 Å². The van der Waals surface area contributed by atoms with Crippen LogP contribution in [-0.4, -0.2) is 24.4 Å². The highest BCUT2D eigenvalue weighted by Crippen LogP contribution is 2.10. The maximum absolute atomic E-state index is 13.0. The third-order valence-corrected chi connectivity index (χ3v) is 1.85. The van der Waals surface area contributed by atoms with E-state index in [-0.39, 0.29) is 25.3 Å². The van der Waals surface area contributed by atoms with Crippen LogP contribution in [0.4, 0.5) is 8.78 Å². The monoisotopic (exact) mass is 217 g/mol. The van der Waals surface area contributed by atoms with Gasteiger partial charge in [0.15, 0.2) is 0 Å². The van der Waals surface area contributed by atoms with Gasteiger partial charge in [-0.1, -0.05) is 6.07 Å². The summed E-state index contributed by atoms with van der Waals surface area (Å²) in [5.74, 6) is -1.28. The quantitative estimate of drug-likeness (QED) is 0.767. The number of halogens is 2. The Hall–Kier alpha value is -1.04. The van der Waals surface area contributed by atoms with Crippen molar-refractivity contribution in [3.8, 4) is 0 Å². The molecule has 0 saturated carbocycles. The van der Waals surface area contributed by atoms with Crippen molar-refractivity contribution < 1.29 is 18.6 Å². The minimum Gasteiger partial charge on any atom is -0.389 e. The first-order valence-corrected chi connectivity index (χ1v) is 4.53. The van der Waals surface area contributed by atoms with Crippen LogP contribution in [0.3, 0.4) is 0 Å². The van der Waals surface area contributed by atoms with Gasteiger partial charge in [-0.05, 0) is 6.07 Å². The highest BCUT2D eigenvalue weighted by Gasteiger charge is 2.05. The number of aliphatic hydroxyl groups excluding tert-OH is 1. The molecule has 0 aliphatic rings. The van der Waals surface area contributed by atoms with Crippen molar-refractivity contribution in [1.29, 1.82) is 0 Å². The maximum atomic E-state index is 13.0. The molecule has 0 spiro atoms. The molecule has 1 aromatic carbocycles. The van der Waals surface area contributed by atoms with Crippen molar-refractivity contribution in [3.63, 3.8) is 0 Å². The normalized spacial score (nSPS) is 12.8. The minimum absolute atomic E-state index is 0.0107. The summed E-state index contributed by atoms with van der Waals surface area (Å²) >= 11 is 0. The van der Waals surface area contributed by atoms with Crippen LogP contribution in [0.25, 0.3) is 0 Å². The third-order valence-electron chi connectivity index (χ3n) is 1.85. The summed E-state index contributed by atoms with van der Waals surface area (Å²) in [6.45, 7) is 0.113. The number of rotatable bonds is 5. The molecule has 5 heteroatoms. The second kappa shape index (κ2) is 5.75. The molecule has 3 nitrogen and oxygen atoms in total. The van der Waals surface area contributed by atoms with Crippen LogP contribution in [-0.2, 0) is 11.3 Å². The van der Waals surface area contributed by atoms with Crippen LogP contribution in [0.2, 0.25) is 0 Å². The van der Waals surface area contributed by atoms with Crippen molar-refractivity contribution in [3.05, 3.63) is 35.4 Å². The van der Waals surface area contributed by atoms with E-state index in [1.54, 1.807) is 0 Å². The second-order valence-corrected chi connectivity index (χ2v) is 3.14. The molecule has 0 radical (unpaired) electrons. The van der Waals surface area contributed by atoms with Gasteiger partial charge in [-0.15, -0.1) is 0 Å². The van der Waals surface area contributed by atoms with E-state index < -0.39 is 17.7 Å². The third kappa shape index (κ3) is 3.91. The van der Waals surface area contributed by atoms with Gasteiger partial charge in [0.1, 0.15) is 11.6 Å². The zero-order chi connectivity index (χ0) is 11.3. The van der Waals surface area contributed by atoms with Gasteiger partial charge in [-0.3, -0.25) is 0 Å². The molecule has 0 saturated heterocycles. The Labute approximate surface area is 86.5 Å². The molecule has 0 heterocycles. The number of nitrogens with two attached hydrogens (primary N) is 1. The fourth-order valence-corrected chi connectivity index (χ4v) is 1.01. The molecule has 0 unspecified atom stereocenters. The Kier molecular flexibility index (Phi) is 4.61. The van der Waals surface area contributed by atoms with Gasteiger partial charge in [-0.2, -0.15) is 0 Å². The molecule has 1 atom stereocenters. The summed E-state index contributed by atoms with van der Waals surface area (Å²) in [5.41, 5.74) is 5.40. The summed E-state index contributed by atoms with van der Waals surface area (Å²) < 4.78 is 30.6. The lowest BCUT2D eigenvalue weighted by atomic mass is 10.2. The first kappa shape index (κ1) is 12.0. The molecule has 3 N–H and O–H groups in total. The molecule has 0 bridgehead atoms. The van der Waals surface area contributed by atoms with E-state index in [1.807, 2.05) is 0 Å². The van der Waals surface area contributed by atoms with Gasteiger partial charge < -0.3 is 15.6 Å². The largest absolute Gasteiger partial charge is 0.389 e. The average Bonchev–Trinajstić information content (AvgIpc) is 2.21. The first-order valence-electron chi connectivity index (χ1n) is 4.53. The molecule has 0 aliphatic carbocycles. The Balaban J connectivity index is 2.44. The molecule has 0 aromatic heterocycles. The Morgan fingerprint density at radius 2 is 2.13 bits per heavy atom. The van der Waals surface area contributed by atoms with E-state index in [4.69, 9.17) is 15.6 Å². The van der Waals surface area contributed by atoms with Gasteiger partial charge in [0, 0.05) is 18.2 Å². The van der Waals surface area contributed by atoms with Gasteiger partial charge in [0.2, 0.25) is 0 Å². The van der Waals surface area contributed by atoms with Crippen molar-refractivity contribution in [2.45, 2.75) is 12.7 Å². The molecular weight excluding hydrogens is 204 g/mol. The van der Waals surface area contributed by atoms with Crippen LogP contribution in [0.1, 0.15) is 5.56 Å². The Morgan fingerprint density at radius 1 is 1.40 bits per heavy atom. The van der Waals surface area contributed by atoms with Crippen LogP contribution in [0.15, 0.2) is 18.2 Å². The standard InChI is InChI=1S/C10H13F2NO2/c11-8-2-1-7(10(12)3-8)5-15-6-9(14)4-13/h1-3,9,14H,4-6,13H2/t9-/m0/s1. The fraction of sp³-hybridized carbons (Fsp3) is 0.400. The molecule has 1 aromatic rings.